The van der Waals surface area contributed by atoms with E-state index in [9.17, 15) is 0 Å². The second-order valence-corrected chi connectivity index (χ2v) is 5.87. The van der Waals surface area contributed by atoms with E-state index in [-0.39, 0.29) is 0 Å². The van der Waals surface area contributed by atoms with E-state index in [1.165, 1.54) is 22.9 Å². The zero-order chi connectivity index (χ0) is 13.8. The molecule has 19 heavy (non-hydrogen) atoms. The molecule has 0 aliphatic carbocycles. The van der Waals surface area contributed by atoms with Crippen LogP contribution in [0.3, 0.4) is 0 Å². The van der Waals surface area contributed by atoms with Gasteiger partial charge in [0, 0.05) is 36.2 Å². The first-order valence-electron chi connectivity index (χ1n) is 7.42. The molecule has 0 spiro atoms. The molecule has 1 N–H and O–H groups in total. The van der Waals surface area contributed by atoms with Gasteiger partial charge in [-0.25, -0.2) is 0 Å². The number of aromatic nitrogens is 1. The first-order chi connectivity index (χ1) is 9.11. The largest absolute Gasteiger partial charge is 0.347 e. The van der Waals surface area contributed by atoms with Gasteiger partial charge in [-0.05, 0) is 17.5 Å². The maximum atomic E-state index is 3.52. The molecule has 0 bridgehead atoms. The number of fused-ring (bicyclic) bond motifs is 1. The molecule has 2 nitrogen and oxygen atoms in total. The summed E-state index contributed by atoms with van der Waals surface area (Å²) in [5.41, 5.74) is 2.77. The molecule has 0 radical (unpaired) electrons. The van der Waals surface area contributed by atoms with E-state index in [2.05, 4.69) is 68.0 Å². The van der Waals surface area contributed by atoms with Gasteiger partial charge >= 0.3 is 0 Å². The van der Waals surface area contributed by atoms with E-state index in [1.807, 2.05) is 0 Å². The third kappa shape index (κ3) is 3.38. The second-order valence-electron chi connectivity index (χ2n) is 5.87. The van der Waals surface area contributed by atoms with Crippen LogP contribution in [0.1, 0.15) is 39.7 Å². The zero-order valence-corrected chi connectivity index (χ0v) is 12.6. The lowest BCUT2D eigenvalue weighted by molar-refractivity contribution is 0.476. The molecule has 104 valence electrons. The molecule has 1 aromatic carbocycles. The van der Waals surface area contributed by atoms with E-state index in [0.717, 1.165) is 19.0 Å². The van der Waals surface area contributed by atoms with Gasteiger partial charge in [0.2, 0.25) is 0 Å². The molecule has 1 aromatic heterocycles. The Labute approximate surface area is 116 Å². The number of hydrogen-bond donors (Lipinski definition) is 1. The van der Waals surface area contributed by atoms with Gasteiger partial charge in [0.05, 0.1) is 0 Å². The van der Waals surface area contributed by atoms with E-state index in [0.29, 0.717) is 6.04 Å². The minimum Gasteiger partial charge on any atom is -0.347 e. The summed E-state index contributed by atoms with van der Waals surface area (Å²) in [4.78, 5) is 0. The van der Waals surface area contributed by atoms with Gasteiger partial charge in [-0.15, -0.1) is 0 Å². The van der Waals surface area contributed by atoms with E-state index in [4.69, 9.17) is 0 Å². The molecule has 0 aliphatic rings. The summed E-state index contributed by atoms with van der Waals surface area (Å²) in [6.07, 6.45) is 3.55. The number of para-hydroxylation sites is 1. The van der Waals surface area contributed by atoms with Crippen LogP contribution in [0.2, 0.25) is 0 Å². The quantitative estimate of drug-likeness (QED) is 0.822. The minimum atomic E-state index is 0.525. The monoisotopic (exact) mass is 258 g/mol. The molecular formula is C17H26N2. The molecule has 1 heterocycles. The van der Waals surface area contributed by atoms with Crippen molar-refractivity contribution < 1.29 is 0 Å². The Hall–Kier alpha value is -1.28. The van der Waals surface area contributed by atoms with Crippen molar-refractivity contribution in [1.29, 1.82) is 0 Å². The molecule has 1 unspecified atom stereocenters. The lowest BCUT2D eigenvalue weighted by atomic mass is 10.1. The predicted molar refractivity (Wildman–Crippen MR) is 83.4 cm³/mol. The van der Waals surface area contributed by atoms with Crippen LogP contribution in [0.25, 0.3) is 10.9 Å². The summed E-state index contributed by atoms with van der Waals surface area (Å²) in [6.45, 7) is 11.0. The van der Waals surface area contributed by atoms with Gasteiger partial charge in [-0.3, -0.25) is 0 Å². The van der Waals surface area contributed by atoms with Crippen LogP contribution < -0.4 is 5.32 Å². The number of hydrogen-bond acceptors (Lipinski definition) is 1. The second kappa shape index (κ2) is 6.25. The van der Waals surface area contributed by atoms with Crippen molar-refractivity contribution in [2.45, 2.75) is 53.2 Å². The average Bonchev–Trinajstić information content (AvgIpc) is 2.75. The van der Waals surface area contributed by atoms with Crippen LogP contribution in [0.15, 0.2) is 30.5 Å². The van der Waals surface area contributed by atoms with E-state index in [1.54, 1.807) is 0 Å². The Morgan fingerprint density at radius 2 is 1.89 bits per heavy atom. The Morgan fingerprint density at radius 1 is 1.16 bits per heavy atom. The molecule has 2 aromatic rings. The van der Waals surface area contributed by atoms with Crippen LogP contribution in [0.5, 0.6) is 0 Å². The number of benzene rings is 1. The fourth-order valence-corrected chi connectivity index (χ4v) is 2.39. The summed E-state index contributed by atoms with van der Waals surface area (Å²) in [5, 5.41) is 4.91. The minimum absolute atomic E-state index is 0.525. The van der Waals surface area contributed by atoms with Gasteiger partial charge < -0.3 is 9.88 Å². The lowest BCUT2D eigenvalue weighted by Gasteiger charge is -2.10. The maximum Gasteiger partial charge on any atom is 0.0483 e. The molecule has 0 amide bonds. The van der Waals surface area contributed by atoms with Gasteiger partial charge in [-0.2, -0.15) is 0 Å². The number of rotatable bonds is 6. The summed E-state index contributed by atoms with van der Waals surface area (Å²) in [6, 6.07) is 9.26. The lowest BCUT2D eigenvalue weighted by Crippen LogP contribution is -2.21. The number of nitrogens with zero attached hydrogens (tertiary/aromatic N) is 1. The van der Waals surface area contributed by atoms with Crippen molar-refractivity contribution >= 4 is 10.9 Å². The van der Waals surface area contributed by atoms with Gasteiger partial charge in [0.25, 0.3) is 0 Å². The smallest absolute Gasteiger partial charge is 0.0483 e. The van der Waals surface area contributed by atoms with Crippen LogP contribution in [-0.4, -0.2) is 10.6 Å². The van der Waals surface area contributed by atoms with Crippen molar-refractivity contribution in [3.8, 4) is 0 Å². The molecule has 0 saturated carbocycles. The Kier molecular flexibility index (Phi) is 4.65. The highest BCUT2D eigenvalue weighted by Gasteiger charge is 2.10. The predicted octanol–water partition coefficient (Wildman–Crippen LogP) is 4.19. The summed E-state index contributed by atoms with van der Waals surface area (Å²) in [5.74, 6) is 0.724. The summed E-state index contributed by atoms with van der Waals surface area (Å²) < 4.78 is 2.42. The van der Waals surface area contributed by atoms with Crippen molar-refractivity contribution in [1.82, 2.24) is 9.88 Å². The van der Waals surface area contributed by atoms with Crippen LogP contribution in [0, 0.1) is 5.92 Å². The third-order valence-corrected chi connectivity index (χ3v) is 3.78. The van der Waals surface area contributed by atoms with Gasteiger partial charge in [0.15, 0.2) is 0 Å². The molecule has 0 saturated heterocycles. The standard InChI is InChI=1S/C17H26N2/c1-5-14(4)11-19-12-15(10-18-13(2)3)16-8-6-7-9-17(16)19/h6-9,12-14,18H,5,10-11H2,1-4H3. The maximum absolute atomic E-state index is 3.52. The first kappa shape index (κ1) is 14.1. The molecule has 1 atom stereocenters. The van der Waals surface area contributed by atoms with E-state index < -0.39 is 0 Å². The SMILES string of the molecule is CCC(C)Cn1cc(CNC(C)C)c2ccccc21. The zero-order valence-electron chi connectivity index (χ0n) is 12.6. The highest BCUT2D eigenvalue weighted by molar-refractivity contribution is 5.83. The molecule has 0 aliphatic heterocycles. The first-order valence-corrected chi connectivity index (χ1v) is 7.42. The van der Waals surface area contributed by atoms with Crippen molar-refractivity contribution in [2.75, 3.05) is 0 Å². The highest BCUT2D eigenvalue weighted by atomic mass is 15.0. The highest BCUT2D eigenvalue weighted by Crippen LogP contribution is 2.23. The van der Waals surface area contributed by atoms with Crippen LogP contribution in [0.4, 0.5) is 0 Å². The topological polar surface area (TPSA) is 17.0 Å². The third-order valence-electron chi connectivity index (χ3n) is 3.78. The van der Waals surface area contributed by atoms with Gasteiger partial charge in [0.1, 0.15) is 0 Å². The van der Waals surface area contributed by atoms with Gasteiger partial charge in [-0.1, -0.05) is 52.3 Å². The number of nitrogens with one attached hydrogen (secondary N) is 1. The fourth-order valence-electron chi connectivity index (χ4n) is 2.39. The van der Waals surface area contributed by atoms with E-state index >= 15 is 0 Å². The van der Waals surface area contributed by atoms with Crippen molar-refractivity contribution in [2.24, 2.45) is 5.92 Å². The molecule has 2 rings (SSSR count). The molecule has 2 heteroatoms. The van der Waals surface area contributed by atoms with Crippen LogP contribution in [-0.2, 0) is 13.1 Å². The normalized spacial score (nSPS) is 13.3. The fraction of sp³-hybridized carbons (Fsp3) is 0.529. The Bertz CT molecular complexity index is 525. The Morgan fingerprint density at radius 3 is 2.58 bits per heavy atom. The summed E-state index contributed by atoms with van der Waals surface area (Å²) in [7, 11) is 0. The van der Waals surface area contributed by atoms with Crippen molar-refractivity contribution in [3.05, 3.63) is 36.0 Å². The molecule has 0 fully saturated rings. The van der Waals surface area contributed by atoms with Crippen molar-refractivity contribution in [3.63, 3.8) is 0 Å². The average molecular weight is 258 g/mol. The van der Waals surface area contributed by atoms with Crippen LogP contribution >= 0.6 is 0 Å². The molecular weight excluding hydrogens is 232 g/mol. The Balaban J connectivity index is 2.31. The summed E-state index contributed by atoms with van der Waals surface area (Å²) >= 11 is 0.